The van der Waals surface area contributed by atoms with Gasteiger partial charge in [0.1, 0.15) is 5.82 Å². The molecule has 0 fully saturated rings. The monoisotopic (exact) mass is 279 g/mol. The van der Waals surface area contributed by atoms with Crippen molar-refractivity contribution in [3.8, 4) is 5.75 Å². The van der Waals surface area contributed by atoms with Gasteiger partial charge >= 0.3 is 0 Å². The van der Waals surface area contributed by atoms with E-state index in [0.717, 1.165) is 18.9 Å². The third-order valence-electron chi connectivity index (χ3n) is 2.57. The normalized spacial score (nSPS) is 11.8. The molecule has 2 N–H and O–H groups in total. The minimum atomic E-state index is -0.529. The SMILES string of the molecule is CCCOc1cc(F)c(CC(N)CC)cc1F.Cl. The summed E-state index contributed by atoms with van der Waals surface area (Å²) in [5, 5.41) is 0. The van der Waals surface area contributed by atoms with Gasteiger partial charge in [0.15, 0.2) is 11.6 Å². The summed E-state index contributed by atoms with van der Waals surface area (Å²) >= 11 is 0. The van der Waals surface area contributed by atoms with E-state index in [2.05, 4.69) is 0 Å². The topological polar surface area (TPSA) is 35.2 Å². The van der Waals surface area contributed by atoms with Gasteiger partial charge in [-0.05, 0) is 30.9 Å². The van der Waals surface area contributed by atoms with Crippen LogP contribution >= 0.6 is 12.4 Å². The zero-order chi connectivity index (χ0) is 12.8. The largest absolute Gasteiger partial charge is 0.490 e. The number of halogens is 3. The molecule has 1 aromatic carbocycles. The first-order valence-corrected chi connectivity index (χ1v) is 5.94. The first-order valence-electron chi connectivity index (χ1n) is 5.94. The summed E-state index contributed by atoms with van der Waals surface area (Å²) in [6.45, 7) is 4.20. The van der Waals surface area contributed by atoms with E-state index >= 15 is 0 Å². The molecule has 0 aliphatic carbocycles. The van der Waals surface area contributed by atoms with Crippen LogP contribution < -0.4 is 10.5 Å². The molecule has 0 spiro atoms. The van der Waals surface area contributed by atoms with E-state index in [9.17, 15) is 8.78 Å². The Labute approximate surface area is 113 Å². The molecule has 0 aliphatic heterocycles. The summed E-state index contributed by atoms with van der Waals surface area (Å²) in [6, 6.07) is 2.13. The fraction of sp³-hybridized carbons (Fsp3) is 0.538. The van der Waals surface area contributed by atoms with Gasteiger partial charge in [-0.15, -0.1) is 12.4 Å². The lowest BCUT2D eigenvalue weighted by Gasteiger charge is -2.12. The van der Waals surface area contributed by atoms with Crippen LogP contribution in [0.2, 0.25) is 0 Å². The van der Waals surface area contributed by atoms with Crippen LogP contribution in [0.15, 0.2) is 12.1 Å². The zero-order valence-corrected chi connectivity index (χ0v) is 11.5. The molecule has 5 heteroatoms. The van der Waals surface area contributed by atoms with E-state index in [0.29, 0.717) is 18.6 Å². The molecule has 2 nitrogen and oxygen atoms in total. The van der Waals surface area contributed by atoms with Crippen molar-refractivity contribution >= 4 is 12.4 Å². The van der Waals surface area contributed by atoms with Gasteiger partial charge in [0.2, 0.25) is 0 Å². The van der Waals surface area contributed by atoms with Gasteiger partial charge in [-0.2, -0.15) is 0 Å². The van der Waals surface area contributed by atoms with Crippen LogP contribution in [0.5, 0.6) is 5.75 Å². The molecule has 0 bridgehead atoms. The van der Waals surface area contributed by atoms with Gasteiger partial charge in [-0.25, -0.2) is 8.78 Å². The highest BCUT2D eigenvalue weighted by atomic mass is 35.5. The van der Waals surface area contributed by atoms with Crippen LogP contribution in [0, 0.1) is 11.6 Å². The van der Waals surface area contributed by atoms with Crippen LogP contribution in [0.4, 0.5) is 8.78 Å². The van der Waals surface area contributed by atoms with Crippen LogP contribution in [0.3, 0.4) is 0 Å². The summed E-state index contributed by atoms with van der Waals surface area (Å²) in [7, 11) is 0. The van der Waals surface area contributed by atoms with Gasteiger partial charge in [0.05, 0.1) is 6.61 Å². The Kier molecular flexibility index (Phi) is 7.87. The molecule has 1 atom stereocenters. The van der Waals surface area contributed by atoms with Crippen molar-refractivity contribution in [1.29, 1.82) is 0 Å². The first-order chi connectivity index (χ1) is 8.08. The van der Waals surface area contributed by atoms with Crippen molar-refractivity contribution in [1.82, 2.24) is 0 Å². The molecule has 0 saturated carbocycles. The third kappa shape index (κ3) is 4.78. The average molecular weight is 280 g/mol. The highest BCUT2D eigenvalue weighted by Gasteiger charge is 2.13. The van der Waals surface area contributed by atoms with Crippen LogP contribution in [0.25, 0.3) is 0 Å². The molecule has 1 rings (SSSR count). The highest BCUT2D eigenvalue weighted by molar-refractivity contribution is 5.85. The van der Waals surface area contributed by atoms with Gasteiger partial charge in [0.25, 0.3) is 0 Å². The molecule has 18 heavy (non-hydrogen) atoms. The van der Waals surface area contributed by atoms with Crippen LogP contribution in [-0.4, -0.2) is 12.6 Å². The molecule has 104 valence electrons. The van der Waals surface area contributed by atoms with Crippen LogP contribution in [0.1, 0.15) is 32.3 Å². The molecule has 1 unspecified atom stereocenters. The zero-order valence-electron chi connectivity index (χ0n) is 10.7. The lowest BCUT2D eigenvalue weighted by Crippen LogP contribution is -2.22. The molecule has 1 aromatic rings. The Balaban J connectivity index is 0.00000289. The van der Waals surface area contributed by atoms with Gasteiger partial charge in [-0.3, -0.25) is 0 Å². The Morgan fingerprint density at radius 3 is 2.44 bits per heavy atom. The van der Waals surface area contributed by atoms with Crippen molar-refractivity contribution in [3.05, 3.63) is 29.3 Å². The molecular weight excluding hydrogens is 260 g/mol. The maximum Gasteiger partial charge on any atom is 0.165 e. The van der Waals surface area contributed by atoms with Gasteiger partial charge < -0.3 is 10.5 Å². The second kappa shape index (κ2) is 8.27. The van der Waals surface area contributed by atoms with E-state index in [4.69, 9.17) is 10.5 Å². The molecule has 0 radical (unpaired) electrons. The predicted octanol–water partition coefficient (Wildman–Crippen LogP) is 3.46. The maximum absolute atomic E-state index is 13.7. The fourth-order valence-corrected chi connectivity index (χ4v) is 1.48. The summed E-state index contributed by atoms with van der Waals surface area (Å²) in [6.07, 6.45) is 1.83. The number of nitrogens with two attached hydrogens (primary N) is 1. The quantitative estimate of drug-likeness (QED) is 0.865. The average Bonchev–Trinajstić information content (AvgIpc) is 2.31. The fourth-order valence-electron chi connectivity index (χ4n) is 1.48. The lowest BCUT2D eigenvalue weighted by atomic mass is 10.0. The number of benzene rings is 1. The molecule has 0 saturated heterocycles. The molecule has 0 amide bonds. The summed E-state index contributed by atoms with van der Waals surface area (Å²) in [5.41, 5.74) is 6.03. The Hall–Kier alpha value is -0.870. The van der Waals surface area contributed by atoms with Gasteiger partial charge in [-0.1, -0.05) is 13.8 Å². The van der Waals surface area contributed by atoms with E-state index in [1.807, 2.05) is 13.8 Å². The maximum atomic E-state index is 13.7. The minimum Gasteiger partial charge on any atom is -0.490 e. The number of hydrogen-bond acceptors (Lipinski definition) is 2. The molecule has 0 heterocycles. The molecular formula is C13H20ClF2NO. The Morgan fingerprint density at radius 1 is 1.22 bits per heavy atom. The van der Waals surface area contributed by atoms with E-state index in [-0.39, 0.29) is 24.2 Å². The predicted molar refractivity (Wildman–Crippen MR) is 71.4 cm³/mol. The standard InChI is InChI=1S/C13H19F2NO.ClH/c1-3-5-17-13-8-11(14)9(7-12(13)15)6-10(16)4-2;/h7-8,10H,3-6,16H2,1-2H3;1H. The van der Waals surface area contributed by atoms with Gasteiger partial charge in [0, 0.05) is 12.1 Å². The Morgan fingerprint density at radius 2 is 1.89 bits per heavy atom. The highest BCUT2D eigenvalue weighted by Crippen LogP contribution is 2.22. The number of ether oxygens (including phenoxy) is 1. The van der Waals surface area contributed by atoms with E-state index in [1.54, 1.807) is 0 Å². The lowest BCUT2D eigenvalue weighted by molar-refractivity contribution is 0.299. The van der Waals surface area contributed by atoms with Crippen LogP contribution in [-0.2, 0) is 6.42 Å². The van der Waals surface area contributed by atoms with Crippen molar-refractivity contribution in [2.24, 2.45) is 5.73 Å². The van der Waals surface area contributed by atoms with Crippen molar-refractivity contribution in [2.75, 3.05) is 6.61 Å². The summed E-state index contributed by atoms with van der Waals surface area (Å²) < 4.78 is 32.3. The summed E-state index contributed by atoms with van der Waals surface area (Å²) in [4.78, 5) is 0. The Bertz CT molecular complexity index is 374. The minimum absolute atomic E-state index is 0. The third-order valence-corrected chi connectivity index (χ3v) is 2.57. The molecule has 0 aromatic heterocycles. The number of hydrogen-bond donors (Lipinski definition) is 1. The van der Waals surface area contributed by atoms with Crippen molar-refractivity contribution in [2.45, 2.75) is 39.2 Å². The smallest absolute Gasteiger partial charge is 0.165 e. The van der Waals surface area contributed by atoms with Crippen molar-refractivity contribution < 1.29 is 13.5 Å². The molecule has 0 aliphatic rings. The second-order valence-corrected chi connectivity index (χ2v) is 4.09. The van der Waals surface area contributed by atoms with Crippen molar-refractivity contribution in [3.63, 3.8) is 0 Å². The number of rotatable bonds is 6. The summed E-state index contributed by atoms with van der Waals surface area (Å²) in [5.74, 6) is -1.02. The first kappa shape index (κ1) is 17.1. The van der Waals surface area contributed by atoms with E-state index in [1.165, 1.54) is 6.07 Å². The van der Waals surface area contributed by atoms with E-state index < -0.39 is 11.6 Å². The second-order valence-electron chi connectivity index (χ2n) is 4.09.